The predicted octanol–water partition coefficient (Wildman–Crippen LogP) is 4.44. The maximum Gasteiger partial charge on any atom is 0.294 e. The summed E-state index contributed by atoms with van der Waals surface area (Å²) < 4.78 is 7.72. The molecule has 0 unspecified atom stereocenters. The van der Waals surface area contributed by atoms with Crippen LogP contribution in [0.25, 0.3) is 11.2 Å². The van der Waals surface area contributed by atoms with Gasteiger partial charge in [0, 0.05) is 34.7 Å². The van der Waals surface area contributed by atoms with E-state index in [1.54, 1.807) is 11.3 Å². The summed E-state index contributed by atoms with van der Waals surface area (Å²) in [5.41, 5.74) is 3.57. The number of hydrogen-bond acceptors (Lipinski definition) is 5. The number of imidazole rings is 1. The van der Waals surface area contributed by atoms with Crippen molar-refractivity contribution in [1.29, 1.82) is 0 Å². The highest BCUT2D eigenvalue weighted by Crippen LogP contribution is 2.41. The molecule has 0 aliphatic heterocycles. The smallest absolute Gasteiger partial charge is 0.294 e. The van der Waals surface area contributed by atoms with Crippen LogP contribution in [0.1, 0.15) is 46.6 Å². The molecule has 3 heterocycles. The first kappa shape index (κ1) is 17.9. The Kier molecular flexibility index (Phi) is 4.60. The largest absolute Gasteiger partial charge is 0.455 e. The lowest BCUT2D eigenvalue weighted by Gasteiger charge is -2.25. The summed E-state index contributed by atoms with van der Waals surface area (Å²) in [6.45, 7) is 7.53. The van der Waals surface area contributed by atoms with E-state index in [0.717, 1.165) is 58.9 Å². The van der Waals surface area contributed by atoms with Crippen LogP contribution in [-0.2, 0) is 28.1 Å². The minimum Gasteiger partial charge on any atom is -0.455 e. The third-order valence-electron chi connectivity index (χ3n) is 5.18. The molecule has 0 spiro atoms. The van der Waals surface area contributed by atoms with E-state index in [9.17, 15) is 4.79 Å². The van der Waals surface area contributed by atoms with E-state index in [1.165, 1.54) is 4.88 Å². The molecule has 27 heavy (non-hydrogen) atoms. The first-order valence-electron chi connectivity index (χ1n) is 9.25. The number of aryl methyl sites for hydroxylation is 3. The standard InChI is InChI=1S/C21H23N3O2S/c1-4-18-23-19-14(2)11-15(3)22-20(19)24(18)12-16-7-8-17(27-16)21(26-13-25)9-5-6-10-21/h5-8,11,13H,4,9-10,12H2,1-3H3. The Morgan fingerprint density at radius 1 is 1.26 bits per heavy atom. The Labute approximate surface area is 162 Å². The number of pyridine rings is 1. The average Bonchev–Trinajstić information content (AvgIpc) is 3.36. The molecule has 6 heteroatoms. The maximum absolute atomic E-state index is 11.0. The molecule has 0 amide bonds. The number of aromatic nitrogens is 3. The summed E-state index contributed by atoms with van der Waals surface area (Å²) in [7, 11) is 0. The molecule has 0 aromatic carbocycles. The Hall–Kier alpha value is -2.47. The SMILES string of the molecule is CCc1nc2c(C)cc(C)nc2n1Cc1ccc(C2(OC=O)CC=CC2)s1. The van der Waals surface area contributed by atoms with Crippen molar-refractivity contribution in [3.05, 3.63) is 57.2 Å². The Bertz CT molecular complexity index is 1020. The van der Waals surface area contributed by atoms with E-state index in [2.05, 4.69) is 48.8 Å². The van der Waals surface area contributed by atoms with Gasteiger partial charge in [0.25, 0.3) is 6.47 Å². The van der Waals surface area contributed by atoms with Crippen LogP contribution in [0.5, 0.6) is 0 Å². The van der Waals surface area contributed by atoms with Gasteiger partial charge >= 0.3 is 0 Å². The van der Waals surface area contributed by atoms with Gasteiger partial charge in [-0.3, -0.25) is 4.79 Å². The van der Waals surface area contributed by atoms with Crippen LogP contribution in [0.15, 0.2) is 30.4 Å². The molecule has 5 nitrogen and oxygen atoms in total. The summed E-state index contributed by atoms with van der Waals surface area (Å²) in [6, 6.07) is 6.29. The maximum atomic E-state index is 11.0. The monoisotopic (exact) mass is 381 g/mol. The molecule has 1 aliphatic carbocycles. The lowest BCUT2D eigenvalue weighted by molar-refractivity contribution is -0.143. The fraction of sp³-hybridized carbons (Fsp3) is 0.381. The molecule has 0 N–H and O–H groups in total. The van der Waals surface area contributed by atoms with Gasteiger partial charge in [-0.25, -0.2) is 9.97 Å². The summed E-state index contributed by atoms with van der Waals surface area (Å²) >= 11 is 1.70. The van der Waals surface area contributed by atoms with Gasteiger partial charge in [0.15, 0.2) is 11.2 Å². The van der Waals surface area contributed by atoms with E-state index in [-0.39, 0.29) is 0 Å². The van der Waals surface area contributed by atoms with Crippen LogP contribution in [0, 0.1) is 13.8 Å². The van der Waals surface area contributed by atoms with Crippen molar-refractivity contribution in [2.75, 3.05) is 0 Å². The van der Waals surface area contributed by atoms with Crippen LogP contribution in [0.3, 0.4) is 0 Å². The topological polar surface area (TPSA) is 57.0 Å². The van der Waals surface area contributed by atoms with Crippen molar-refractivity contribution >= 4 is 29.0 Å². The molecular formula is C21H23N3O2S. The second kappa shape index (κ2) is 6.93. The van der Waals surface area contributed by atoms with E-state index in [4.69, 9.17) is 14.7 Å². The number of rotatable bonds is 6. The van der Waals surface area contributed by atoms with Crippen LogP contribution >= 0.6 is 11.3 Å². The van der Waals surface area contributed by atoms with Crippen molar-refractivity contribution in [2.45, 2.75) is 52.2 Å². The molecule has 3 aromatic rings. The van der Waals surface area contributed by atoms with Crippen LogP contribution < -0.4 is 0 Å². The number of thiophene rings is 1. The third kappa shape index (κ3) is 3.08. The fourth-order valence-electron chi connectivity index (χ4n) is 3.83. The number of carbonyl (C=O) groups excluding carboxylic acids is 1. The quantitative estimate of drug-likeness (QED) is 0.468. The molecule has 140 valence electrons. The lowest BCUT2D eigenvalue weighted by Crippen LogP contribution is -2.24. The van der Waals surface area contributed by atoms with Gasteiger partial charge < -0.3 is 9.30 Å². The predicted molar refractivity (Wildman–Crippen MR) is 107 cm³/mol. The summed E-state index contributed by atoms with van der Waals surface area (Å²) in [5.74, 6) is 1.04. The number of ether oxygens (including phenoxy) is 1. The van der Waals surface area contributed by atoms with Crippen molar-refractivity contribution < 1.29 is 9.53 Å². The van der Waals surface area contributed by atoms with Crippen molar-refractivity contribution in [1.82, 2.24) is 14.5 Å². The van der Waals surface area contributed by atoms with Gasteiger partial charge in [0.05, 0.1) is 6.54 Å². The molecule has 1 aliphatic rings. The first-order chi connectivity index (χ1) is 13.1. The molecule has 4 rings (SSSR count). The van der Waals surface area contributed by atoms with Crippen molar-refractivity contribution in [3.63, 3.8) is 0 Å². The summed E-state index contributed by atoms with van der Waals surface area (Å²) in [5, 5.41) is 0. The Morgan fingerprint density at radius 3 is 2.74 bits per heavy atom. The minimum absolute atomic E-state index is 0.527. The highest BCUT2D eigenvalue weighted by molar-refractivity contribution is 7.12. The lowest BCUT2D eigenvalue weighted by atomic mass is 9.99. The zero-order chi connectivity index (χ0) is 19.0. The molecule has 0 fully saturated rings. The molecular weight excluding hydrogens is 358 g/mol. The van der Waals surface area contributed by atoms with Crippen molar-refractivity contribution in [3.8, 4) is 0 Å². The van der Waals surface area contributed by atoms with E-state index in [1.807, 2.05) is 6.92 Å². The highest BCUT2D eigenvalue weighted by Gasteiger charge is 2.36. The van der Waals surface area contributed by atoms with Gasteiger partial charge in [0.2, 0.25) is 0 Å². The van der Waals surface area contributed by atoms with Gasteiger partial charge in [0.1, 0.15) is 11.3 Å². The molecule has 0 saturated heterocycles. The number of carbonyl (C=O) groups is 1. The van der Waals surface area contributed by atoms with Gasteiger partial charge in [-0.15, -0.1) is 11.3 Å². The highest BCUT2D eigenvalue weighted by atomic mass is 32.1. The van der Waals surface area contributed by atoms with Crippen LogP contribution in [0.2, 0.25) is 0 Å². The molecule has 0 saturated carbocycles. The molecule has 3 aromatic heterocycles. The second-order valence-corrected chi connectivity index (χ2v) is 8.24. The van der Waals surface area contributed by atoms with Crippen LogP contribution in [-0.4, -0.2) is 21.0 Å². The number of hydrogen-bond donors (Lipinski definition) is 0. The Morgan fingerprint density at radius 2 is 2.04 bits per heavy atom. The van der Waals surface area contributed by atoms with E-state index < -0.39 is 5.60 Å². The zero-order valence-corrected chi connectivity index (χ0v) is 16.7. The molecule has 0 bridgehead atoms. The zero-order valence-electron chi connectivity index (χ0n) is 15.9. The minimum atomic E-state index is -0.527. The summed E-state index contributed by atoms with van der Waals surface area (Å²) in [6.07, 6.45) is 6.49. The third-order valence-corrected chi connectivity index (χ3v) is 6.43. The normalized spacial score (nSPS) is 15.5. The molecule has 0 atom stereocenters. The number of fused-ring (bicyclic) bond motifs is 1. The summed E-state index contributed by atoms with van der Waals surface area (Å²) in [4.78, 5) is 22.9. The first-order valence-corrected chi connectivity index (χ1v) is 10.1. The van der Waals surface area contributed by atoms with E-state index >= 15 is 0 Å². The fourth-order valence-corrected chi connectivity index (χ4v) is 4.98. The second-order valence-electron chi connectivity index (χ2n) is 7.07. The van der Waals surface area contributed by atoms with E-state index in [0.29, 0.717) is 6.47 Å². The Balaban J connectivity index is 1.71. The van der Waals surface area contributed by atoms with Gasteiger partial charge in [-0.1, -0.05) is 19.1 Å². The van der Waals surface area contributed by atoms with Gasteiger partial charge in [-0.2, -0.15) is 0 Å². The molecule has 0 radical (unpaired) electrons. The van der Waals surface area contributed by atoms with Crippen LogP contribution in [0.4, 0.5) is 0 Å². The number of nitrogens with zero attached hydrogens (tertiary/aromatic N) is 3. The average molecular weight is 382 g/mol. The van der Waals surface area contributed by atoms with Gasteiger partial charge in [-0.05, 0) is 37.6 Å². The van der Waals surface area contributed by atoms with Crippen molar-refractivity contribution in [2.24, 2.45) is 0 Å².